The number of aryl methyl sites for hydroxylation is 1. The fraction of sp³-hybridized carbons (Fsp3) is 0.280. The largest absolute Gasteiger partial charge is 0.493 e. The molecule has 2 aromatic carbocycles. The molecule has 3 aromatic rings. The molecule has 1 aromatic heterocycles. The highest BCUT2D eigenvalue weighted by Gasteiger charge is 2.27. The number of hydrogen-bond acceptors (Lipinski definition) is 5. The minimum Gasteiger partial charge on any atom is -0.493 e. The van der Waals surface area contributed by atoms with Gasteiger partial charge >= 0.3 is 0 Å². The zero-order chi connectivity index (χ0) is 22.0. The van der Waals surface area contributed by atoms with Crippen LogP contribution < -0.4 is 19.7 Å². The average molecular weight is 418 g/mol. The minimum atomic E-state index is -0.0906. The highest BCUT2D eigenvalue weighted by Crippen LogP contribution is 2.35. The fourth-order valence-electron chi connectivity index (χ4n) is 4.13. The number of fused-ring (bicyclic) bond motifs is 1. The summed E-state index contributed by atoms with van der Waals surface area (Å²) in [4.78, 5) is 19.7. The van der Waals surface area contributed by atoms with Crippen LogP contribution in [0, 0.1) is 6.92 Å². The van der Waals surface area contributed by atoms with Crippen molar-refractivity contribution in [1.29, 1.82) is 0 Å². The van der Waals surface area contributed by atoms with Crippen LogP contribution in [-0.2, 0) is 6.42 Å². The molecule has 1 N–H and O–H groups in total. The quantitative estimate of drug-likeness (QED) is 0.625. The van der Waals surface area contributed by atoms with Crippen LogP contribution in [0.15, 0.2) is 54.7 Å². The van der Waals surface area contributed by atoms with E-state index in [9.17, 15) is 4.79 Å². The topological polar surface area (TPSA) is 63.7 Å². The van der Waals surface area contributed by atoms with Crippen LogP contribution >= 0.6 is 0 Å². The summed E-state index contributed by atoms with van der Waals surface area (Å²) < 4.78 is 10.9. The van der Waals surface area contributed by atoms with Gasteiger partial charge in [-0.1, -0.05) is 18.2 Å². The van der Waals surface area contributed by atoms with E-state index in [0.717, 1.165) is 23.2 Å². The Morgan fingerprint density at radius 2 is 1.84 bits per heavy atom. The summed E-state index contributed by atoms with van der Waals surface area (Å²) in [7, 11) is 3.25. The third kappa shape index (κ3) is 3.93. The third-order valence-electron chi connectivity index (χ3n) is 5.76. The van der Waals surface area contributed by atoms with Gasteiger partial charge in [0.15, 0.2) is 11.5 Å². The number of ether oxygens (including phenoxy) is 2. The molecule has 6 nitrogen and oxygen atoms in total. The molecule has 1 amide bonds. The van der Waals surface area contributed by atoms with E-state index in [2.05, 4.69) is 16.4 Å². The minimum absolute atomic E-state index is 0.0446. The first-order valence-corrected chi connectivity index (χ1v) is 10.4. The number of nitrogens with zero attached hydrogens (tertiary/aromatic N) is 2. The van der Waals surface area contributed by atoms with Gasteiger partial charge in [0.05, 0.1) is 25.8 Å². The smallest absolute Gasteiger partial charge is 0.262 e. The maximum atomic E-state index is 13.4. The fourth-order valence-corrected chi connectivity index (χ4v) is 4.13. The van der Waals surface area contributed by atoms with Gasteiger partial charge in [0.1, 0.15) is 5.82 Å². The van der Waals surface area contributed by atoms with Crippen LogP contribution in [0.1, 0.15) is 40.0 Å². The Morgan fingerprint density at radius 1 is 1.10 bits per heavy atom. The molecule has 160 valence electrons. The zero-order valence-corrected chi connectivity index (χ0v) is 18.3. The number of para-hydroxylation sites is 1. The monoisotopic (exact) mass is 417 g/mol. The van der Waals surface area contributed by atoms with E-state index >= 15 is 0 Å². The number of rotatable bonds is 6. The molecule has 1 aliphatic heterocycles. The molecule has 1 atom stereocenters. The zero-order valence-electron chi connectivity index (χ0n) is 18.3. The SMILES string of the molecule is COc1cc(C)c(C(C)Nc2ncccc2C(=O)N2CCc3ccccc32)cc1OC. The maximum absolute atomic E-state index is 13.4. The van der Waals surface area contributed by atoms with Gasteiger partial charge in [-0.05, 0) is 67.3 Å². The second-order valence-electron chi connectivity index (χ2n) is 7.66. The van der Waals surface area contributed by atoms with Crippen LogP contribution in [0.5, 0.6) is 11.5 Å². The predicted molar refractivity (Wildman–Crippen MR) is 122 cm³/mol. The number of anilines is 2. The lowest BCUT2D eigenvalue weighted by molar-refractivity contribution is 0.0990. The van der Waals surface area contributed by atoms with Crippen molar-refractivity contribution in [2.75, 3.05) is 31.0 Å². The second kappa shape index (κ2) is 8.68. The molecule has 0 saturated carbocycles. The summed E-state index contributed by atoms with van der Waals surface area (Å²) in [5.74, 6) is 1.88. The number of benzene rings is 2. The van der Waals surface area contributed by atoms with E-state index in [1.807, 2.05) is 55.1 Å². The number of aromatic nitrogens is 1. The van der Waals surface area contributed by atoms with E-state index in [4.69, 9.17) is 9.47 Å². The summed E-state index contributed by atoms with van der Waals surface area (Å²) >= 11 is 0. The van der Waals surface area contributed by atoms with Crippen molar-refractivity contribution in [3.8, 4) is 11.5 Å². The summed E-state index contributed by atoms with van der Waals surface area (Å²) in [6.07, 6.45) is 2.57. The lowest BCUT2D eigenvalue weighted by Gasteiger charge is -2.22. The summed E-state index contributed by atoms with van der Waals surface area (Å²) in [6.45, 7) is 4.75. The molecule has 1 unspecified atom stereocenters. The molecule has 6 heteroatoms. The van der Waals surface area contributed by atoms with E-state index in [-0.39, 0.29) is 11.9 Å². The van der Waals surface area contributed by atoms with Crippen LogP contribution in [0.25, 0.3) is 0 Å². The Hall–Kier alpha value is -3.54. The van der Waals surface area contributed by atoms with E-state index < -0.39 is 0 Å². The molecular formula is C25H27N3O3. The molecule has 0 spiro atoms. The van der Waals surface area contributed by atoms with Crippen molar-refractivity contribution in [3.05, 3.63) is 77.0 Å². The number of nitrogens with one attached hydrogen (secondary N) is 1. The highest BCUT2D eigenvalue weighted by atomic mass is 16.5. The first kappa shape index (κ1) is 20.7. The summed E-state index contributed by atoms with van der Waals surface area (Å²) in [6, 6.07) is 15.5. The Morgan fingerprint density at radius 3 is 2.61 bits per heavy atom. The van der Waals surface area contributed by atoms with Gasteiger partial charge in [-0.25, -0.2) is 4.98 Å². The summed E-state index contributed by atoms with van der Waals surface area (Å²) in [5.41, 5.74) is 4.85. The Bertz CT molecular complexity index is 1110. The van der Waals surface area contributed by atoms with E-state index in [1.165, 1.54) is 5.56 Å². The number of pyridine rings is 1. The number of carbonyl (C=O) groups excluding carboxylic acids is 1. The molecule has 0 bridgehead atoms. The Kier molecular flexibility index (Phi) is 5.80. The lowest BCUT2D eigenvalue weighted by atomic mass is 10.0. The molecule has 2 heterocycles. The first-order chi connectivity index (χ1) is 15.0. The molecule has 31 heavy (non-hydrogen) atoms. The maximum Gasteiger partial charge on any atom is 0.262 e. The van der Waals surface area contributed by atoms with Gasteiger partial charge in [0.25, 0.3) is 5.91 Å². The van der Waals surface area contributed by atoms with Crippen LogP contribution in [0.2, 0.25) is 0 Å². The standard InChI is InChI=1S/C25H27N3O3/c1-16-14-22(30-3)23(31-4)15-20(16)17(2)27-24-19(9-7-12-26-24)25(29)28-13-11-18-8-5-6-10-21(18)28/h5-10,12,14-15,17H,11,13H2,1-4H3,(H,26,27). The van der Waals surface area contributed by atoms with Gasteiger partial charge in [-0.3, -0.25) is 4.79 Å². The average Bonchev–Trinajstić information content (AvgIpc) is 3.23. The normalized spacial score (nSPS) is 13.5. The van der Waals surface area contributed by atoms with Gasteiger partial charge in [0, 0.05) is 18.4 Å². The number of amides is 1. The van der Waals surface area contributed by atoms with Gasteiger partial charge < -0.3 is 19.7 Å². The number of carbonyl (C=O) groups is 1. The molecule has 4 rings (SSSR count). The number of methoxy groups -OCH3 is 2. The van der Waals surface area contributed by atoms with Crippen molar-refractivity contribution in [3.63, 3.8) is 0 Å². The van der Waals surface area contributed by atoms with Crippen LogP contribution in [0.4, 0.5) is 11.5 Å². The first-order valence-electron chi connectivity index (χ1n) is 10.4. The molecule has 0 aliphatic carbocycles. The second-order valence-corrected chi connectivity index (χ2v) is 7.66. The Labute approximate surface area is 182 Å². The van der Waals surface area contributed by atoms with E-state index in [0.29, 0.717) is 29.4 Å². The van der Waals surface area contributed by atoms with Gasteiger partial charge in [-0.15, -0.1) is 0 Å². The molecule has 0 saturated heterocycles. The predicted octanol–water partition coefficient (Wildman–Crippen LogP) is 4.78. The van der Waals surface area contributed by atoms with Crippen molar-refractivity contribution < 1.29 is 14.3 Å². The molecule has 0 fully saturated rings. The molecular weight excluding hydrogens is 390 g/mol. The summed E-state index contributed by atoms with van der Waals surface area (Å²) in [5, 5.41) is 3.43. The molecule has 1 aliphatic rings. The number of hydrogen-bond donors (Lipinski definition) is 1. The lowest BCUT2D eigenvalue weighted by Crippen LogP contribution is -2.30. The Balaban J connectivity index is 1.62. The third-order valence-corrected chi connectivity index (χ3v) is 5.76. The highest BCUT2D eigenvalue weighted by molar-refractivity contribution is 6.10. The van der Waals surface area contributed by atoms with Gasteiger partial charge in [0.2, 0.25) is 0 Å². The van der Waals surface area contributed by atoms with Crippen molar-refractivity contribution >= 4 is 17.4 Å². The molecule has 0 radical (unpaired) electrons. The van der Waals surface area contributed by atoms with Crippen molar-refractivity contribution in [2.45, 2.75) is 26.3 Å². The van der Waals surface area contributed by atoms with Crippen LogP contribution in [0.3, 0.4) is 0 Å². The van der Waals surface area contributed by atoms with E-state index in [1.54, 1.807) is 26.5 Å². The van der Waals surface area contributed by atoms with Crippen molar-refractivity contribution in [2.24, 2.45) is 0 Å². The van der Waals surface area contributed by atoms with Crippen LogP contribution in [-0.4, -0.2) is 31.7 Å². The van der Waals surface area contributed by atoms with Gasteiger partial charge in [-0.2, -0.15) is 0 Å². The van der Waals surface area contributed by atoms with Crippen molar-refractivity contribution in [1.82, 2.24) is 4.98 Å².